The molecule has 8 rings (SSSR count). The molecule has 0 radical (unpaired) electrons. The molecule has 0 aliphatic heterocycles. The van der Waals surface area contributed by atoms with E-state index in [9.17, 15) is 0 Å². The van der Waals surface area contributed by atoms with Gasteiger partial charge in [-0.1, -0.05) is 202 Å². The van der Waals surface area contributed by atoms with Gasteiger partial charge in [-0.05, 0) is 138 Å². The molecule has 2 heterocycles. The van der Waals surface area contributed by atoms with Gasteiger partial charge in [0, 0.05) is 53.6 Å². The highest BCUT2D eigenvalue weighted by Crippen LogP contribution is 2.49. The monoisotopic (exact) mass is 1090 g/mol. The van der Waals surface area contributed by atoms with Gasteiger partial charge < -0.3 is 25.8 Å². The van der Waals surface area contributed by atoms with Crippen molar-refractivity contribution in [3.05, 3.63) is 142 Å². The minimum absolute atomic E-state index is 0.0875. The van der Waals surface area contributed by atoms with Crippen LogP contribution in [-0.4, -0.2) is 0 Å². The van der Waals surface area contributed by atoms with Crippen LogP contribution in [0.4, 0.5) is 0 Å². The average Bonchev–Trinajstić information content (AvgIpc) is 3.55. The lowest BCUT2D eigenvalue weighted by Crippen LogP contribution is -2.17. The lowest BCUT2D eigenvalue weighted by atomic mass is 9.77. The first kappa shape index (κ1) is 58.2. The molecular weight excluding hydrogens is 1010 g/mol. The molecule has 0 atom stereocenters. The number of rotatable bonds is 6. The van der Waals surface area contributed by atoms with Crippen LogP contribution < -0.4 is 9.05 Å². The molecule has 0 bridgehead atoms. The van der Waals surface area contributed by atoms with Gasteiger partial charge in [0.1, 0.15) is 33.8 Å². The molecule has 0 unspecified atom stereocenters. The predicted octanol–water partition coefficient (Wildman–Crippen LogP) is 23.1. The van der Waals surface area contributed by atoms with Crippen LogP contribution in [-0.2, 0) is 43.3 Å². The molecule has 0 aliphatic carbocycles. The van der Waals surface area contributed by atoms with Crippen molar-refractivity contribution in [1.29, 1.82) is 0 Å². The lowest BCUT2D eigenvalue weighted by molar-refractivity contribution is 0.486. The molecule has 0 saturated carbocycles. The van der Waals surface area contributed by atoms with Crippen molar-refractivity contribution in [3.63, 3.8) is 0 Å². The summed E-state index contributed by atoms with van der Waals surface area (Å²) in [6, 6.07) is 35.0. The van der Waals surface area contributed by atoms with Gasteiger partial charge in [-0.3, -0.25) is 0 Å². The van der Waals surface area contributed by atoms with Crippen molar-refractivity contribution in [2.75, 3.05) is 0 Å². The first-order valence-corrected chi connectivity index (χ1v) is 30.5. The summed E-state index contributed by atoms with van der Waals surface area (Å²) in [5.74, 6) is 1.34. The van der Waals surface area contributed by atoms with Crippen molar-refractivity contribution in [3.8, 4) is 11.5 Å². The highest BCUT2D eigenvalue weighted by Gasteiger charge is 2.32. The minimum atomic E-state index is -1.92. The van der Waals surface area contributed by atoms with E-state index in [0.717, 1.165) is 75.9 Å². The summed E-state index contributed by atoms with van der Waals surface area (Å²) in [6.07, 6.45) is 0. The Kier molecular flexibility index (Phi) is 15.1. The van der Waals surface area contributed by atoms with Crippen LogP contribution in [0.5, 0.6) is 11.5 Å². The van der Waals surface area contributed by atoms with Gasteiger partial charge in [-0.2, -0.15) is 0 Å². The predicted molar refractivity (Wildman–Crippen MR) is 331 cm³/mol. The molecule has 0 fully saturated rings. The lowest BCUT2D eigenvalue weighted by Gasteiger charge is -2.27. The van der Waals surface area contributed by atoms with Crippen molar-refractivity contribution in [1.82, 2.24) is 0 Å². The van der Waals surface area contributed by atoms with Crippen LogP contribution in [0.1, 0.15) is 211 Å². The fraction of sp³-hybridized carbons (Fsp3) is 0.471. The zero-order valence-corrected chi connectivity index (χ0v) is 53.6. The fourth-order valence-corrected chi connectivity index (χ4v) is 12.5. The molecule has 8 aromatic rings. The third-order valence-corrected chi connectivity index (χ3v) is 17.6. The minimum Gasteiger partial charge on any atom is -0.391 e. The van der Waals surface area contributed by atoms with E-state index in [2.05, 4.69) is 239 Å². The Morgan fingerprint density at radius 1 is 0.286 bits per heavy atom. The summed E-state index contributed by atoms with van der Waals surface area (Å²) in [5.41, 5.74) is 11.6. The third kappa shape index (κ3) is 12.8. The Balaban J connectivity index is 1.17. The summed E-state index contributed by atoms with van der Waals surface area (Å²) < 4.78 is 41.8. The second kappa shape index (κ2) is 20.0. The topological polar surface area (TPSA) is 71.0 Å². The van der Waals surface area contributed by atoms with Crippen molar-refractivity contribution in [2.24, 2.45) is 0 Å². The maximum Gasteiger partial charge on any atom is 0.453 e. The molecule has 0 N–H and O–H groups in total. The molecular formula is C68H88O6P2S. The van der Waals surface area contributed by atoms with Gasteiger partial charge in [-0.25, -0.2) is 0 Å². The maximum atomic E-state index is 7.06. The van der Waals surface area contributed by atoms with Crippen LogP contribution >= 0.6 is 28.2 Å². The summed E-state index contributed by atoms with van der Waals surface area (Å²) in [4.78, 5) is 2.13. The van der Waals surface area contributed by atoms with Crippen LogP contribution in [0.2, 0.25) is 0 Å². The van der Waals surface area contributed by atoms with E-state index in [-0.39, 0.29) is 43.3 Å². The van der Waals surface area contributed by atoms with Gasteiger partial charge in [0.25, 0.3) is 0 Å². The number of hydrogen-bond donors (Lipinski definition) is 0. The van der Waals surface area contributed by atoms with Crippen molar-refractivity contribution < 1.29 is 25.8 Å². The van der Waals surface area contributed by atoms with E-state index >= 15 is 0 Å². The van der Waals surface area contributed by atoms with E-state index in [4.69, 9.17) is 25.8 Å². The van der Waals surface area contributed by atoms with Crippen LogP contribution in [0.15, 0.2) is 124 Å². The summed E-state index contributed by atoms with van der Waals surface area (Å²) in [7, 11) is -3.84. The molecule has 6 nitrogen and oxygen atoms in total. The summed E-state index contributed by atoms with van der Waals surface area (Å²) in [6.45, 7) is 54.4. The standard InChI is InChI=1S/C68H88O6P2S/c1-61(2,3)41-33-49-50-34-42(62(4,5)6)38-54(66(16,17)18)58(50)72-75(71-57(49)53(37-41)65(13,14)15)69-45-25-29-47(30-26-45)77-48-31-27-46(28-32-48)70-76-73-59-51(35-43(63(7,8)9)39-55(59)67(19,20)21)52-36-44(64(10,11)12)40-56(60(52)74-76)68(22,23)24/h25-40H,1-24H3. The Bertz CT molecular complexity index is 3170. The Hall–Kier alpha value is -4.93. The molecule has 6 aromatic carbocycles. The Morgan fingerprint density at radius 3 is 0.675 bits per heavy atom. The zero-order valence-electron chi connectivity index (χ0n) is 51.0. The Morgan fingerprint density at radius 2 is 0.494 bits per heavy atom. The van der Waals surface area contributed by atoms with E-state index in [1.807, 2.05) is 24.3 Å². The molecule has 77 heavy (non-hydrogen) atoms. The summed E-state index contributed by atoms with van der Waals surface area (Å²) >= 11 is 1.67. The van der Waals surface area contributed by atoms with Gasteiger partial charge in [0.15, 0.2) is 0 Å². The molecule has 0 spiro atoms. The molecule has 0 saturated heterocycles. The molecule has 2 aromatic heterocycles. The zero-order chi connectivity index (χ0) is 57.0. The maximum absolute atomic E-state index is 7.06. The quantitative estimate of drug-likeness (QED) is 0.164. The van der Waals surface area contributed by atoms with Gasteiger partial charge in [0.05, 0.1) is 0 Å². The molecule has 0 amide bonds. The van der Waals surface area contributed by atoms with E-state index in [1.54, 1.807) is 11.8 Å². The highest BCUT2D eigenvalue weighted by atomic mass is 32.2. The largest absolute Gasteiger partial charge is 0.453 e. The molecule has 0 aliphatic rings. The first-order valence-electron chi connectivity index (χ1n) is 27.5. The van der Waals surface area contributed by atoms with E-state index in [0.29, 0.717) is 11.5 Å². The Labute approximate surface area is 467 Å². The van der Waals surface area contributed by atoms with Crippen molar-refractivity contribution in [2.45, 2.75) is 219 Å². The van der Waals surface area contributed by atoms with Gasteiger partial charge >= 0.3 is 16.5 Å². The third-order valence-electron chi connectivity index (χ3n) is 14.5. The number of benzene rings is 6. The fourth-order valence-electron chi connectivity index (χ4n) is 9.52. The number of fused-ring (bicyclic) bond motifs is 6. The second-order valence-corrected chi connectivity index (χ2v) is 32.8. The number of hydrogen-bond acceptors (Lipinski definition) is 7. The van der Waals surface area contributed by atoms with Gasteiger partial charge in [-0.15, -0.1) is 0 Å². The smallest absolute Gasteiger partial charge is 0.391 e. The molecule has 412 valence electrons. The van der Waals surface area contributed by atoms with Crippen molar-refractivity contribution >= 4 is 72.1 Å². The second-order valence-electron chi connectivity index (χ2n) is 29.6. The van der Waals surface area contributed by atoms with E-state index < -0.39 is 16.5 Å². The normalized spacial score (nSPS) is 13.5. The van der Waals surface area contributed by atoms with Crippen LogP contribution in [0.3, 0.4) is 0 Å². The van der Waals surface area contributed by atoms with Crippen LogP contribution in [0.25, 0.3) is 43.9 Å². The van der Waals surface area contributed by atoms with Gasteiger partial charge in [0.2, 0.25) is 0 Å². The molecule has 9 heteroatoms. The van der Waals surface area contributed by atoms with E-state index in [1.165, 1.54) is 22.3 Å². The average molecular weight is 1100 g/mol. The van der Waals surface area contributed by atoms with Crippen LogP contribution in [0, 0.1) is 0 Å². The first-order chi connectivity index (χ1) is 35.2. The summed E-state index contributed by atoms with van der Waals surface area (Å²) in [5, 5.41) is 4.19. The SMILES string of the molecule is CC(C)(C)c1cc(C(C)(C)C)c2op(Oc3ccc(Sc4ccc(Op5oc6c(C(C)(C)C)cc(C(C)(C)C)cc6c6cc(C(C)(C)C)cc(C(C)(C)C)c6o5)cc4)cc3)oc3c(C(C)(C)C)cc(C(C)(C)C)cc3c2c1. The highest BCUT2D eigenvalue weighted by molar-refractivity contribution is 7.99.